The lowest BCUT2D eigenvalue weighted by molar-refractivity contribution is -0.385. The number of benzene rings is 1. The molecule has 2 aliphatic rings. The summed E-state index contributed by atoms with van der Waals surface area (Å²) >= 11 is 0. The SMILES string of the molecule is O=C(O)c1ccc(C2=CC3CCCC(C2)N3)c([N+](=O)[O-])c1. The minimum Gasteiger partial charge on any atom is -0.478 e. The van der Waals surface area contributed by atoms with Gasteiger partial charge in [-0.05, 0) is 37.0 Å². The molecule has 2 aliphatic heterocycles. The zero-order chi connectivity index (χ0) is 15.0. The Hall–Kier alpha value is -2.21. The van der Waals surface area contributed by atoms with E-state index in [0.717, 1.165) is 30.9 Å². The van der Waals surface area contributed by atoms with Gasteiger partial charge in [-0.1, -0.05) is 12.5 Å². The van der Waals surface area contributed by atoms with Crippen molar-refractivity contribution in [3.63, 3.8) is 0 Å². The van der Waals surface area contributed by atoms with Crippen LogP contribution in [0.25, 0.3) is 5.57 Å². The first-order chi connectivity index (χ1) is 10.0. The second-order valence-corrected chi connectivity index (χ2v) is 5.59. The molecule has 1 fully saturated rings. The molecule has 0 aromatic heterocycles. The van der Waals surface area contributed by atoms with Gasteiger partial charge in [0.25, 0.3) is 5.69 Å². The maximum absolute atomic E-state index is 11.3. The van der Waals surface area contributed by atoms with Crippen molar-refractivity contribution < 1.29 is 14.8 Å². The van der Waals surface area contributed by atoms with E-state index in [4.69, 9.17) is 5.11 Å². The summed E-state index contributed by atoms with van der Waals surface area (Å²) in [6.07, 6.45) is 6.10. The van der Waals surface area contributed by atoms with Gasteiger partial charge in [-0.15, -0.1) is 0 Å². The molecule has 2 bridgehead atoms. The van der Waals surface area contributed by atoms with Gasteiger partial charge in [0.15, 0.2) is 0 Å². The van der Waals surface area contributed by atoms with Crippen molar-refractivity contribution in [2.24, 2.45) is 0 Å². The monoisotopic (exact) mass is 288 g/mol. The summed E-state index contributed by atoms with van der Waals surface area (Å²) in [4.78, 5) is 21.7. The van der Waals surface area contributed by atoms with Gasteiger partial charge in [-0.25, -0.2) is 4.79 Å². The number of carboxylic acids is 1. The number of hydrogen-bond donors (Lipinski definition) is 2. The number of nitrogens with one attached hydrogen (secondary N) is 1. The van der Waals surface area contributed by atoms with Gasteiger partial charge in [0.2, 0.25) is 0 Å². The highest BCUT2D eigenvalue weighted by Crippen LogP contribution is 2.35. The Labute approximate surface area is 121 Å². The fourth-order valence-corrected chi connectivity index (χ4v) is 3.21. The molecule has 21 heavy (non-hydrogen) atoms. The minimum atomic E-state index is -1.15. The fourth-order valence-electron chi connectivity index (χ4n) is 3.21. The van der Waals surface area contributed by atoms with Crippen molar-refractivity contribution in [3.8, 4) is 0 Å². The molecule has 0 spiro atoms. The average Bonchev–Trinajstić information content (AvgIpc) is 2.46. The van der Waals surface area contributed by atoms with Gasteiger partial charge in [0, 0.05) is 18.2 Å². The molecule has 1 saturated heterocycles. The molecule has 0 radical (unpaired) electrons. The molecule has 6 nitrogen and oxygen atoms in total. The molecule has 2 unspecified atom stereocenters. The molecule has 1 aromatic carbocycles. The Kier molecular flexibility index (Phi) is 3.47. The zero-order valence-corrected chi connectivity index (χ0v) is 11.4. The summed E-state index contributed by atoms with van der Waals surface area (Å²) in [6, 6.07) is 4.78. The highest BCUT2D eigenvalue weighted by molar-refractivity contribution is 5.90. The number of piperidine rings is 1. The molecule has 2 N–H and O–H groups in total. The van der Waals surface area contributed by atoms with Crippen LogP contribution in [-0.4, -0.2) is 28.1 Å². The van der Waals surface area contributed by atoms with Gasteiger partial charge in [-0.2, -0.15) is 0 Å². The maximum atomic E-state index is 11.3. The number of hydrogen-bond acceptors (Lipinski definition) is 4. The number of fused-ring (bicyclic) bond motifs is 2. The molecular weight excluding hydrogens is 272 g/mol. The maximum Gasteiger partial charge on any atom is 0.335 e. The average molecular weight is 288 g/mol. The Morgan fingerprint density at radius 1 is 1.38 bits per heavy atom. The highest BCUT2D eigenvalue weighted by atomic mass is 16.6. The van der Waals surface area contributed by atoms with Crippen LogP contribution in [0.2, 0.25) is 0 Å². The van der Waals surface area contributed by atoms with E-state index >= 15 is 0 Å². The summed E-state index contributed by atoms with van der Waals surface area (Å²) in [5, 5.41) is 23.7. The lowest BCUT2D eigenvalue weighted by Crippen LogP contribution is -2.44. The van der Waals surface area contributed by atoms with Crippen LogP contribution in [0.5, 0.6) is 0 Å². The van der Waals surface area contributed by atoms with E-state index in [2.05, 4.69) is 11.4 Å². The van der Waals surface area contributed by atoms with Crippen LogP contribution in [-0.2, 0) is 0 Å². The number of aromatic carboxylic acids is 1. The minimum absolute atomic E-state index is 0.0554. The first kappa shape index (κ1) is 13.8. The fraction of sp³-hybridized carbons (Fsp3) is 0.400. The van der Waals surface area contributed by atoms with E-state index in [-0.39, 0.29) is 17.3 Å². The molecule has 110 valence electrons. The van der Waals surface area contributed by atoms with Crippen molar-refractivity contribution in [2.45, 2.75) is 37.8 Å². The summed E-state index contributed by atoms with van der Waals surface area (Å²) in [6.45, 7) is 0. The first-order valence-electron chi connectivity index (χ1n) is 7.03. The van der Waals surface area contributed by atoms with Gasteiger partial charge in [-0.3, -0.25) is 10.1 Å². The number of nitrogens with zero attached hydrogens (tertiary/aromatic N) is 1. The van der Waals surface area contributed by atoms with Crippen LogP contribution in [0.4, 0.5) is 5.69 Å². The van der Waals surface area contributed by atoms with Gasteiger partial charge < -0.3 is 10.4 Å². The van der Waals surface area contributed by atoms with Gasteiger partial charge >= 0.3 is 5.97 Å². The van der Waals surface area contributed by atoms with Crippen LogP contribution in [0.15, 0.2) is 24.3 Å². The number of carboxylic acid groups (broad SMARTS) is 1. The lowest BCUT2D eigenvalue weighted by Gasteiger charge is -2.35. The van der Waals surface area contributed by atoms with Crippen molar-refractivity contribution in [1.82, 2.24) is 5.32 Å². The number of nitro benzene ring substituents is 1. The van der Waals surface area contributed by atoms with E-state index in [0.29, 0.717) is 11.6 Å². The largest absolute Gasteiger partial charge is 0.478 e. The molecule has 1 aromatic rings. The Bertz CT molecular complexity index is 639. The number of rotatable bonds is 3. The van der Waals surface area contributed by atoms with E-state index in [1.807, 2.05) is 0 Å². The smallest absolute Gasteiger partial charge is 0.335 e. The number of carbonyl (C=O) groups is 1. The number of nitro groups is 1. The third kappa shape index (κ3) is 2.67. The zero-order valence-electron chi connectivity index (χ0n) is 11.4. The van der Waals surface area contributed by atoms with Crippen LogP contribution < -0.4 is 5.32 Å². The molecule has 0 saturated carbocycles. The highest BCUT2D eigenvalue weighted by Gasteiger charge is 2.29. The Morgan fingerprint density at radius 2 is 2.19 bits per heavy atom. The van der Waals surface area contributed by atoms with Gasteiger partial charge in [0.05, 0.1) is 16.1 Å². The third-order valence-corrected chi connectivity index (χ3v) is 4.17. The lowest BCUT2D eigenvalue weighted by atomic mass is 9.84. The molecule has 6 heteroatoms. The second kappa shape index (κ2) is 5.29. The van der Waals surface area contributed by atoms with Crippen molar-refractivity contribution in [1.29, 1.82) is 0 Å². The summed E-state index contributed by atoms with van der Waals surface area (Å²) < 4.78 is 0. The molecule has 2 heterocycles. The van der Waals surface area contributed by atoms with Crippen LogP contribution in [0, 0.1) is 10.1 Å². The molecule has 3 rings (SSSR count). The first-order valence-corrected chi connectivity index (χ1v) is 7.03. The van der Waals surface area contributed by atoms with Crippen molar-refractivity contribution >= 4 is 17.2 Å². The predicted octanol–water partition coefficient (Wildman–Crippen LogP) is 2.59. The molecule has 0 amide bonds. The summed E-state index contributed by atoms with van der Waals surface area (Å²) in [5.74, 6) is -1.15. The van der Waals surface area contributed by atoms with E-state index in [1.165, 1.54) is 12.5 Å². The molecular formula is C15H16N2O4. The van der Waals surface area contributed by atoms with E-state index < -0.39 is 10.9 Å². The normalized spacial score (nSPS) is 24.3. The molecule has 2 atom stereocenters. The van der Waals surface area contributed by atoms with Crippen LogP contribution >= 0.6 is 0 Å². The van der Waals surface area contributed by atoms with E-state index in [9.17, 15) is 14.9 Å². The Morgan fingerprint density at radius 3 is 2.86 bits per heavy atom. The molecule has 0 aliphatic carbocycles. The standard InChI is InChI=1S/C15H16N2O4/c18-15(19)9-4-5-13(14(8-9)17(20)21)10-6-11-2-1-3-12(7-10)16-11/h4-6,8,11-12,16H,1-3,7H2,(H,18,19). The second-order valence-electron chi connectivity index (χ2n) is 5.59. The van der Waals surface area contributed by atoms with E-state index in [1.54, 1.807) is 6.07 Å². The predicted molar refractivity (Wildman–Crippen MR) is 77.2 cm³/mol. The van der Waals surface area contributed by atoms with Crippen molar-refractivity contribution in [2.75, 3.05) is 0 Å². The Balaban J connectivity index is 2.03. The van der Waals surface area contributed by atoms with Crippen LogP contribution in [0.3, 0.4) is 0 Å². The van der Waals surface area contributed by atoms with Crippen LogP contribution in [0.1, 0.15) is 41.6 Å². The quantitative estimate of drug-likeness (QED) is 0.658. The topological polar surface area (TPSA) is 92.5 Å². The van der Waals surface area contributed by atoms with Gasteiger partial charge in [0.1, 0.15) is 0 Å². The summed E-state index contributed by atoms with van der Waals surface area (Å²) in [7, 11) is 0. The van der Waals surface area contributed by atoms with Crippen molar-refractivity contribution in [3.05, 3.63) is 45.5 Å². The summed E-state index contributed by atoms with van der Waals surface area (Å²) in [5.41, 5.74) is 1.32. The third-order valence-electron chi connectivity index (χ3n) is 4.17.